The van der Waals surface area contributed by atoms with Crippen molar-refractivity contribution in [3.05, 3.63) is 59.3 Å². The van der Waals surface area contributed by atoms with E-state index in [-0.39, 0.29) is 0 Å². The fourth-order valence-corrected chi connectivity index (χ4v) is 3.24. The van der Waals surface area contributed by atoms with Crippen LogP contribution in [-0.4, -0.2) is 42.0 Å². The molecule has 0 atom stereocenters. The van der Waals surface area contributed by atoms with Gasteiger partial charge in [-0.05, 0) is 36.2 Å². The molecule has 2 heterocycles. The number of benzene rings is 1. The number of pyridine rings is 1. The molecule has 1 aliphatic rings. The first kappa shape index (κ1) is 19.2. The summed E-state index contributed by atoms with van der Waals surface area (Å²) in [6, 6.07) is 8.62. The Labute approximate surface area is 155 Å². The molecule has 3 rings (SSSR count). The van der Waals surface area contributed by atoms with Crippen LogP contribution in [0.1, 0.15) is 27.9 Å². The van der Waals surface area contributed by atoms with E-state index in [2.05, 4.69) is 9.88 Å². The molecular weight excluding hydrogens is 357 g/mol. The van der Waals surface area contributed by atoms with E-state index in [4.69, 9.17) is 5.73 Å². The van der Waals surface area contributed by atoms with Gasteiger partial charge >= 0.3 is 6.18 Å². The number of alkyl halides is 3. The monoisotopic (exact) mass is 378 g/mol. The molecular formula is C19H21F3N4O. The van der Waals surface area contributed by atoms with Crippen molar-refractivity contribution < 1.29 is 18.0 Å². The van der Waals surface area contributed by atoms with Crippen LogP contribution in [0.5, 0.6) is 0 Å². The number of hydrogen-bond acceptors (Lipinski definition) is 4. The van der Waals surface area contributed by atoms with E-state index in [0.29, 0.717) is 24.5 Å². The molecule has 1 saturated heterocycles. The molecule has 2 N–H and O–H groups in total. The van der Waals surface area contributed by atoms with E-state index < -0.39 is 17.6 Å². The summed E-state index contributed by atoms with van der Waals surface area (Å²) in [6.45, 7) is 3.52. The van der Waals surface area contributed by atoms with E-state index >= 15 is 0 Å². The van der Waals surface area contributed by atoms with Gasteiger partial charge in [0, 0.05) is 38.9 Å². The lowest BCUT2D eigenvalue weighted by Crippen LogP contribution is -2.32. The Morgan fingerprint density at radius 3 is 2.48 bits per heavy atom. The predicted molar refractivity (Wildman–Crippen MR) is 96.3 cm³/mol. The summed E-state index contributed by atoms with van der Waals surface area (Å²) in [4.78, 5) is 20.2. The third-order valence-corrected chi connectivity index (χ3v) is 4.63. The van der Waals surface area contributed by atoms with Gasteiger partial charge in [-0.15, -0.1) is 0 Å². The first-order valence-electron chi connectivity index (χ1n) is 8.73. The molecule has 0 aliphatic carbocycles. The quantitative estimate of drug-likeness (QED) is 0.889. The number of anilines is 1. The summed E-state index contributed by atoms with van der Waals surface area (Å²) in [6.07, 6.45) is -1.83. The van der Waals surface area contributed by atoms with Crippen LogP contribution < -0.4 is 10.6 Å². The molecule has 0 spiro atoms. The van der Waals surface area contributed by atoms with Crippen molar-refractivity contribution in [2.75, 3.05) is 31.1 Å². The number of nitrogens with two attached hydrogens (primary N) is 1. The van der Waals surface area contributed by atoms with Crippen LogP contribution >= 0.6 is 0 Å². The number of nitrogens with zero attached hydrogens (tertiary/aromatic N) is 3. The van der Waals surface area contributed by atoms with Gasteiger partial charge in [-0.3, -0.25) is 9.69 Å². The minimum Gasteiger partial charge on any atom is -0.365 e. The van der Waals surface area contributed by atoms with Gasteiger partial charge in [-0.25, -0.2) is 4.98 Å². The van der Waals surface area contributed by atoms with E-state index in [1.54, 1.807) is 18.3 Å². The molecule has 1 aliphatic heterocycles. The molecule has 0 bridgehead atoms. The summed E-state index contributed by atoms with van der Waals surface area (Å²) in [5.41, 5.74) is 6.04. The van der Waals surface area contributed by atoms with Crippen molar-refractivity contribution in [1.29, 1.82) is 0 Å². The lowest BCUT2D eigenvalue weighted by molar-refractivity contribution is -0.137. The van der Waals surface area contributed by atoms with Gasteiger partial charge in [0.1, 0.15) is 5.82 Å². The van der Waals surface area contributed by atoms with E-state index in [1.165, 1.54) is 12.1 Å². The highest BCUT2D eigenvalue weighted by atomic mass is 19.4. The highest BCUT2D eigenvalue weighted by molar-refractivity contribution is 5.97. The Hall–Kier alpha value is -2.61. The second-order valence-corrected chi connectivity index (χ2v) is 6.55. The minimum absolute atomic E-state index is 0.397. The molecule has 1 amide bonds. The van der Waals surface area contributed by atoms with Gasteiger partial charge in [0.2, 0.25) is 0 Å². The predicted octanol–water partition coefficient (Wildman–Crippen LogP) is 2.91. The van der Waals surface area contributed by atoms with E-state index in [9.17, 15) is 18.0 Å². The highest BCUT2D eigenvalue weighted by Crippen LogP contribution is 2.29. The fraction of sp³-hybridized carbons (Fsp3) is 0.368. The average molecular weight is 378 g/mol. The van der Waals surface area contributed by atoms with Crippen LogP contribution in [0.2, 0.25) is 0 Å². The summed E-state index contributed by atoms with van der Waals surface area (Å²) in [5, 5.41) is 0. The SMILES string of the molecule is NC(=O)c1cccnc1N1CCCN(Cc2ccc(C(F)(F)F)cc2)CC1. The van der Waals surface area contributed by atoms with Crippen molar-refractivity contribution in [3.63, 3.8) is 0 Å². The molecule has 0 saturated carbocycles. The first-order valence-corrected chi connectivity index (χ1v) is 8.73. The first-order chi connectivity index (χ1) is 12.8. The van der Waals surface area contributed by atoms with Crippen molar-refractivity contribution in [1.82, 2.24) is 9.88 Å². The van der Waals surface area contributed by atoms with Gasteiger partial charge in [0.05, 0.1) is 11.1 Å². The number of carbonyl (C=O) groups excluding carboxylic acids is 1. The molecule has 2 aromatic rings. The van der Waals surface area contributed by atoms with Gasteiger partial charge in [-0.1, -0.05) is 12.1 Å². The molecule has 8 heteroatoms. The molecule has 144 valence electrons. The summed E-state index contributed by atoms with van der Waals surface area (Å²) < 4.78 is 38.0. The third kappa shape index (κ3) is 4.77. The molecule has 0 unspecified atom stereocenters. The van der Waals surface area contributed by atoms with Crippen LogP contribution in [0.4, 0.5) is 19.0 Å². The molecule has 5 nitrogen and oxygen atoms in total. The lowest BCUT2D eigenvalue weighted by Gasteiger charge is -2.24. The zero-order chi connectivity index (χ0) is 19.4. The summed E-state index contributed by atoms with van der Waals surface area (Å²) >= 11 is 0. The van der Waals surface area contributed by atoms with E-state index in [1.807, 2.05) is 4.90 Å². The van der Waals surface area contributed by atoms with Crippen LogP contribution in [0.25, 0.3) is 0 Å². The molecule has 0 radical (unpaired) electrons. The topological polar surface area (TPSA) is 62.5 Å². The van der Waals surface area contributed by atoms with Gasteiger partial charge in [0.15, 0.2) is 0 Å². The van der Waals surface area contributed by atoms with Gasteiger partial charge in [-0.2, -0.15) is 13.2 Å². The average Bonchev–Trinajstić information content (AvgIpc) is 2.87. The van der Waals surface area contributed by atoms with Crippen molar-refractivity contribution >= 4 is 11.7 Å². The Kier molecular flexibility index (Phi) is 5.65. The van der Waals surface area contributed by atoms with E-state index in [0.717, 1.165) is 43.8 Å². The van der Waals surface area contributed by atoms with Gasteiger partial charge < -0.3 is 10.6 Å². The number of carbonyl (C=O) groups is 1. The van der Waals surface area contributed by atoms with Crippen LogP contribution in [0.15, 0.2) is 42.6 Å². The maximum atomic E-state index is 12.7. The molecule has 27 heavy (non-hydrogen) atoms. The summed E-state index contributed by atoms with van der Waals surface area (Å²) in [7, 11) is 0. The Bertz CT molecular complexity index is 792. The smallest absolute Gasteiger partial charge is 0.365 e. The number of primary amides is 1. The number of aromatic nitrogens is 1. The van der Waals surface area contributed by atoms with Crippen molar-refractivity contribution in [2.45, 2.75) is 19.1 Å². The second-order valence-electron chi connectivity index (χ2n) is 6.55. The zero-order valence-corrected chi connectivity index (χ0v) is 14.7. The van der Waals surface area contributed by atoms with Crippen LogP contribution in [-0.2, 0) is 12.7 Å². The molecule has 1 fully saturated rings. The van der Waals surface area contributed by atoms with Crippen LogP contribution in [0.3, 0.4) is 0 Å². The maximum Gasteiger partial charge on any atom is 0.416 e. The van der Waals surface area contributed by atoms with Crippen molar-refractivity contribution in [3.8, 4) is 0 Å². The Morgan fingerprint density at radius 1 is 1.07 bits per heavy atom. The Morgan fingerprint density at radius 2 is 1.81 bits per heavy atom. The standard InChI is InChI=1S/C19H21F3N4O/c20-19(21,22)15-6-4-14(5-7-15)13-25-9-2-10-26(12-11-25)18-16(17(23)27)3-1-8-24-18/h1,3-8H,2,9-13H2,(H2,23,27). The largest absolute Gasteiger partial charge is 0.416 e. The number of amides is 1. The van der Waals surface area contributed by atoms with Gasteiger partial charge in [0.25, 0.3) is 5.91 Å². The minimum atomic E-state index is -4.32. The second kappa shape index (κ2) is 7.96. The fourth-order valence-electron chi connectivity index (χ4n) is 3.24. The molecule has 1 aromatic heterocycles. The number of halogens is 3. The third-order valence-electron chi connectivity index (χ3n) is 4.63. The maximum absolute atomic E-state index is 12.7. The lowest BCUT2D eigenvalue weighted by atomic mass is 10.1. The number of hydrogen-bond donors (Lipinski definition) is 1. The normalized spacial score (nSPS) is 16.2. The van der Waals surface area contributed by atoms with Crippen LogP contribution in [0, 0.1) is 0 Å². The summed E-state index contributed by atoms with van der Waals surface area (Å²) in [5.74, 6) is 0.0744. The highest BCUT2D eigenvalue weighted by Gasteiger charge is 2.30. The Balaban J connectivity index is 1.65. The number of rotatable bonds is 4. The van der Waals surface area contributed by atoms with Crippen molar-refractivity contribution in [2.24, 2.45) is 5.73 Å². The zero-order valence-electron chi connectivity index (χ0n) is 14.7. The molecule has 1 aromatic carbocycles.